The lowest BCUT2D eigenvalue weighted by atomic mass is 10.1. The molecule has 0 spiro atoms. The number of nitrogens with one attached hydrogen (secondary N) is 1. The zero-order valence-corrected chi connectivity index (χ0v) is 17.6. The molecule has 8 N–H and O–H groups in total. The van der Waals surface area contributed by atoms with E-state index in [-0.39, 0.29) is 22.8 Å². The minimum Gasteiger partial charge on any atom is -0.394 e. The van der Waals surface area contributed by atoms with Crippen LogP contribution in [0.3, 0.4) is 0 Å². The highest BCUT2D eigenvalue weighted by Crippen LogP contribution is 2.32. The van der Waals surface area contributed by atoms with Crippen molar-refractivity contribution in [2.45, 2.75) is 37.5 Å². The van der Waals surface area contributed by atoms with E-state index in [1.54, 1.807) is 19.1 Å². The number of hydrogen-bond acceptors (Lipinski definition) is 13. The first kappa shape index (κ1) is 23.9. The number of hydrogen-bond donors (Lipinski definition) is 6. The number of allylic oxidation sites excluding steroid dienone is 1. The van der Waals surface area contributed by atoms with Crippen molar-refractivity contribution in [1.82, 2.24) is 24.2 Å². The highest BCUT2D eigenvalue weighted by atomic mass is 32.2. The van der Waals surface area contributed by atoms with Crippen molar-refractivity contribution in [3.8, 4) is 0 Å². The number of imidazole rings is 1. The van der Waals surface area contributed by atoms with Crippen molar-refractivity contribution in [3.63, 3.8) is 0 Å². The van der Waals surface area contributed by atoms with E-state index >= 15 is 0 Å². The second-order valence-corrected chi connectivity index (χ2v) is 8.18. The number of aliphatic hydroxyl groups excluding tert-OH is 3. The van der Waals surface area contributed by atoms with Crippen LogP contribution in [0.5, 0.6) is 0 Å². The molecule has 0 bridgehead atoms. The van der Waals surface area contributed by atoms with E-state index < -0.39 is 60.0 Å². The SMILES string of the molecule is C/C=C/c1nc(N)c2ncn([C@@H]3O[C@H](COS(=O)(=O)NC(=O)[C@@H](N)CO)[C@@H](O)[C@H]3O)c2n1. The monoisotopic (exact) mass is 473 g/mol. The Morgan fingerprint density at radius 1 is 1.41 bits per heavy atom. The molecule has 2 aromatic heterocycles. The summed E-state index contributed by atoms with van der Waals surface area (Å²) >= 11 is 0. The van der Waals surface area contributed by atoms with Gasteiger partial charge in [0.25, 0.3) is 5.91 Å². The van der Waals surface area contributed by atoms with Gasteiger partial charge in [0, 0.05) is 0 Å². The van der Waals surface area contributed by atoms with Crippen LogP contribution in [0.4, 0.5) is 5.82 Å². The Morgan fingerprint density at radius 3 is 2.78 bits per heavy atom. The van der Waals surface area contributed by atoms with Gasteiger partial charge >= 0.3 is 10.3 Å². The van der Waals surface area contributed by atoms with Crippen molar-refractivity contribution in [1.29, 1.82) is 0 Å². The summed E-state index contributed by atoms with van der Waals surface area (Å²) in [6.07, 6.45) is -0.944. The summed E-state index contributed by atoms with van der Waals surface area (Å²) in [6, 6.07) is -1.47. The van der Waals surface area contributed by atoms with Gasteiger partial charge in [-0.2, -0.15) is 8.42 Å². The summed E-state index contributed by atoms with van der Waals surface area (Å²) < 4.78 is 36.8. The quantitative estimate of drug-likeness (QED) is 0.221. The van der Waals surface area contributed by atoms with Gasteiger partial charge in [-0.05, 0) is 13.0 Å². The van der Waals surface area contributed by atoms with Gasteiger partial charge in [-0.25, -0.2) is 19.7 Å². The molecule has 16 heteroatoms. The summed E-state index contributed by atoms with van der Waals surface area (Å²) in [5, 5.41) is 29.6. The minimum absolute atomic E-state index is 0.0951. The molecule has 0 radical (unpaired) electrons. The number of anilines is 1. The minimum atomic E-state index is -4.62. The third-order valence-electron chi connectivity index (χ3n) is 4.54. The Bertz CT molecular complexity index is 1120. The van der Waals surface area contributed by atoms with Gasteiger partial charge in [-0.1, -0.05) is 6.08 Å². The first-order chi connectivity index (χ1) is 15.1. The van der Waals surface area contributed by atoms with Gasteiger partial charge < -0.3 is 31.5 Å². The van der Waals surface area contributed by atoms with Crippen LogP contribution in [0.25, 0.3) is 17.2 Å². The van der Waals surface area contributed by atoms with E-state index in [1.807, 2.05) is 0 Å². The van der Waals surface area contributed by atoms with Crippen molar-refractivity contribution >= 4 is 39.3 Å². The number of rotatable bonds is 8. The maximum atomic E-state index is 11.9. The van der Waals surface area contributed by atoms with Crippen LogP contribution in [0.15, 0.2) is 12.4 Å². The molecule has 1 aliphatic heterocycles. The second kappa shape index (κ2) is 9.41. The molecule has 1 amide bonds. The van der Waals surface area contributed by atoms with Gasteiger partial charge in [0.05, 0.1) is 19.5 Å². The largest absolute Gasteiger partial charge is 0.394 e. The van der Waals surface area contributed by atoms with Crippen LogP contribution >= 0.6 is 0 Å². The third kappa shape index (κ3) is 4.85. The molecule has 2 aromatic rings. The van der Waals surface area contributed by atoms with Crippen molar-refractivity contribution in [2.24, 2.45) is 5.73 Å². The first-order valence-electron chi connectivity index (χ1n) is 9.29. The lowest BCUT2D eigenvalue weighted by Crippen LogP contribution is -2.46. The van der Waals surface area contributed by atoms with Crippen LogP contribution in [-0.4, -0.2) is 86.7 Å². The third-order valence-corrected chi connectivity index (χ3v) is 5.44. The lowest BCUT2D eigenvalue weighted by Gasteiger charge is -2.16. The smallest absolute Gasteiger partial charge is 0.362 e. The average Bonchev–Trinajstić information content (AvgIpc) is 3.27. The molecule has 176 valence electrons. The van der Waals surface area contributed by atoms with Crippen LogP contribution in [-0.2, 0) is 24.0 Å². The van der Waals surface area contributed by atoms with Crippen molar-refractivity contribution in [2.75, 3.05) is 18.9 Å². The fourth-order valence-corrected chi connectivity index (χ4v) is 3.70. The number of nitrogens with zero attached hydrogens (tertiary/aromatic N) is 4. The molecule has 3 heterocycles. The zero-order chi connectivity index (χ0) is 23.6. The molecule has 1 fully saturated rings. The Labute approximate surface area is 181 Å². The van der Waals surface area contributed by atoms with Gasteiger partial charge in [-0.15, -0.1) is 0 Å². The molecule has 32 heavy (non-hydrogen) atoms. The summed E-state index contributed by atoms with van der Waals surface area (Å²) in [5.74, 6) is -0.801. The fourth-order valence-electron chi connectivity index (χ4n) is 2.93. The molecule has 15 nitrogen and oxygen atoms in total. The number of aromatic nitrogens is 4. The average molecular weight is 473 g/mol. The van der Waals surface area contributed by atoms with E-state index in [2.05, 4.69) is 19.1 Å². The van der Waals surface area contributed by atoms with Gasteiger partial charge in [0.2, 0.25) is 0 Å². The van der Waals surface area contributed by atoms with Crippen LogP contribution in [0.2, 0.25) is 0 Å². The Hall–Kier alpha value is -2.73. The number of ether oxygens (including phenoxy) is 1. The predicted octanol–water partition coefficient (Wildman–Crippen LogP) is -3.24. The van der Waals surface area contributed by atoms with Crippen molar-refractivity contribution < 1.29 is 37.5 Å². The summed E-state index contributed by atoms with van der Waals surface area (Å²) in [7, 11) is -4.62. The molecular weight excluding hydrogens is 450 g/mol. The highest BCUT2D eigenvalue weighted by Gasteiger charge is 2.45. The molecular formula is C16H23N7O8S. The van der Waals surface area contributed by atoms with E-state index in [0.29, 0.717) is 0 Å². The Morgan fingerprint density at radius 2 is 2.12 bits per heavy atom. The topological polar surface area (TPSA) is 238 Å². The second-order valence-electron chi connectivity index (χ2n) is 6.83. The summed E-state index contributed by atoms with van der Waals surface area (Å²) in [4.78, 5) is 24.0. The van der Waals surface area contributed by atoms with Gasteiger partial charge in [0.1, 0.15) is 29.9 Å². The molecule has 0 saturated carbocycles. The number of aliphatic hydroxyl groups is 3. The molecule has 0 aromatic carbocycles. The number of nitrogens with two attached hydrogens (primary N) is 2. The maximum absolute atomic E-state index is 11.9. The zero-order valence-electron chi connectivity index (χ0n) is 16.8. The number of fused-ring (bicyclic) bond motifs is 1. The standard InChI is InChI=1S/C16H23N7O8S/c1-2-3-9-20-13(18)10-14(21-9)23(6-19-10)16-12(26)11(25)8(31-16)5-30-32(28,29)22-15(27)7(17)4-24/h2-3,6-8,11-12,16,24-26H,4-5,17H2,1H3,(H,22,27)(H2,18,20,21)/b3-2+/t7-,8+,11+,12+,16+/m0/s1. The fraction of sp³-hybridized carbons (Fsp3) is 0.500. The maximum Gasteiger partial charge on any atom is 0.362 e. The van der Waals surface area contributed by atoms with Crippen LogP contribution in [0.1, 0.15) is 19.0 Å². The normalized spacial score (nSPS) is 24.9. The number of nitrogen functional groups attached to an aromatic ring is 1. The molecule has 1 aliphatic rings. The van der Waals surface area contributed by atoms with Gasteiger partial charge in [0.15, 0.2) is 23.5 Å². The van der Waals surface area contributed by atoms with Crippen LogP contribution < -0.4 is 16.2 Å². The number of carbonyl (C=O) groups is 1. The Kier molecular flexibility index (Phi) is 7.03. The predicted molar refractivity (Wildman–Crippen MR) is 108 cm³/mol. The molecule has 0 unspecified atom stereocenters. The highest BCUT2D eigenvalue weighted by molar-refractivity contribution is 7.85. The van der Waals surface area contributed by atoms with Gasteiger partial charge in [-0.3, -0.25) is 13.5 Å². The Balaban J connectivity index is 1.76. The molecule has 1 saturated heterocycles. The number of carbonyl (C=O) groups excluding carboxylic acids is 1. The first-order valence-corrected chi connectivity index (χ1v) is 10.7. The van der Waals surface area contributed by atoms with E-state index in [0.717, 1.165) is 0 Å². The molecule has 0 aliphatic carbocycles. The van der Waals surface area contributed by atoms with E-state index in [4.69, 9.17) is 21.3 Å². The molecule has 3 rings (SSSR count). The summed E-state index contributed by atoms with van der Waals surface area (Å²) in [6.45, 7) is 0.251. The summed E-state index contributed by atoms with van der Waals surface area (Å²) in [5.41, 5.74) is 11.6. The lowest BCUT2D eigenvalue weighted by molar-refractivity contribution is -0.121. The van der Waals surface area contributed by atoms with Crippen LogP contribution in [0, 0.1) is 0 Å². The number of amides is 1. The van der Waals surface area contributed by atoms with E-state index in [1.165, 1.54) is 15.6 Å². The van der Waals surface area contributed by atoms with Crippen molar-refractivity contribution in [3.05, 3.63) is 18.2 Å². The van der Waals surface area contributed by atoms with E-state index in [9.17, 15) is 23.4 Å². The molecule has 5 atom stereocenters.